The number of aromatic amines is 1. The Kier molecular flexibility index (Phi) is 7.90. The largest absolute Gasteiger partial charge is 0.497 e. The fraction of sp³-hybridized carbons (Fsp3) is 0.241. The van der Waals surface area contributed by atoms with Crippen LogP contribution in [0, 0.1) is 13.8 Å². The predicted octanol–water partition coefficient (Wildman–Crippen LogP) is 5.95. The van der Waals surface area contributed by atoms with Crippen LogP contribution < -0.4 is 20.3 Å². The maximum atomic E-state index is 13.0. The van der Waals surface area contributed by atoms with Crippen LogP contribution in [0.4, 0.5) is 5.69 Å². The second-order valence-electron chi connectivity index (χ2n) is 8.76. The average Bonchev–Trinajstić information content (AvgIpc) is 2.86. The fourth-order valence-corrected chi connectivity index (χ4v) is 4.44. The number of pyridine rings is 1. The topological polar surface area (TPSA) is 66.6 Å². The average molecular weight is 502 g/mol. The summed E-state index contributed by atoms with van der Waals surface area (Å²) >= 11 is 5.82. The van der Waals surface area contributed by atoms with Crippen molar-refractivity contribution in [3.63, 3.8) is 0 Å². The third kappa shape index (κ3) is 6.04. The molecule has 0 aliphatic rings. The van der Waals surface area contributed by atoms with Gasteiger partial charge in [-0.25, -0.2) is 0 Å². The number of hydrogen-bond donors (Lipinski definition) is 2. The number of rotatable bonds is 8. The van der Waals surface area contributed by atoms with Crippen molar-refractivity contribution >= 4 is 33.9 Å². The molecule has 7 heteroatoms. The van der Waals surface area contributed by atoms with Gasteiger partial charge in [-0.05, 0) is 98.2 Å². The van der Waals surface area contributed by atoms with E-state index < -0.39 is 0 Å². The van der Waals surface area contributed by atoms with Gasteiger partial charge in [0, 0.05) is 28.7 Å². The SMILES string of the molecule is CCOc1ccc(NC(=S)N(Cc2ccc(OC)cc2)Cc2cc3c(C)cc(C)cc3[nH]c2=O)cc1. The van der Waals surface area contributed by atoms with Gasteiger partial charge >= 0.3 is 0 Å². The van der Waals surface area contributed by atoms with Gasteiger partial charge in [-0.2, -0.15) is 0 Å². The van der Waals surface area contributed by atoms with Crippen molar-refractivity contribution in [1.82, 2.24) is 9.88 Å². The first-order valence-electron chi connectivity index (χ1n) is 11.9. The molecule has 4 aromatic rings. The van der Waals surface area contributed by atoms with E-state index in [-0.39, 0.29) is 5.56 Å². The lowest BCUT2D eigenvalue weighted by Crippen LogP contribution is -2.35. The molecule has 36 heavy (non-hydrogen) atoms. The van der Waals surface area contributed by atoms with Crippen molar-refractivity contribution in [2.75, 3.05) is 19.0 Å². The summed E-state index contributed by atoms with van der Waals surface area (Å²) in [5, 5.41) is 4.87. The van der Waals surface area contributed by atoms with E-state index in [4.69, 9.17) is 21.7 Å². The van der Waals surface area contributed by atoms with E-state index >= 15 is 0 Å². The highest BCUT2D eigenvalue weighted by molar-refractivity contribution is 7.80. The monoisotopic (exact) mass is 501 g/mol. The molecule has 0 aliphatic carbocycles. The third-order valence-electron chi connectivity index (χ3n) is 5.99. The highest BCUT2D eigenvalue weighted by Gasteiger charge is 2.15. The number of benzene rings is 3. The summed E-state index contributed by atoms with van der Waals surface area (Å²) in [5.41, 5.74) is 5.52. The molecule has 2 N–H and O–H groups in total. The Labute approximate surface area is 216 Å². The number of H-pyrrole nitrogens is 1. The zero-order chi connectivity index (χ0) is 25.7. The van der Waals surface area contributed by atoms with Crippen LogP contribution in [0.2, 0.25) is 0 Å². The first-order valence-corrected chi connectivity index (χ1v) is 12.3. The van der Waals surface area contributed by atoms with Crippen molar-refractivity contribution in [3.8, 4) is 11.5 Å². The van der Waals surface area contributed by atoms with E-state index in [9.17, 15) is 4.79 Å². The van der Waals surface area contributed by atoms with Crippen molar-refractivity contribution in [2.24, 2.45) is 0 Å². The lowest BCUT2D eigenvalue weighted by molar-refractivity contribution is 0.340. The summed E-state index contributed by atoms with van der Waals surface area (Å²) in [7, 11) is 1.65. The Morgan fingerprint density at radius 3 is 2.33 bits per heavy atom. The summed E-state index contributed by atoms with van der Waals surface area (Å²) in [6.07, 6.45) is 0. The Hall–Kier alpha value is -3.84. The molecule has 1 aromatic heterocycles. The number of thiocarbonyl (C=S) groups is 1. The summed E-state index contributed by atoms with van der Waals surface area (Å²) in [6, 6.07) is 21.6. The standard InChI is InChI=1S/C29H31N3O3S/c1-5-35-25-12-8-23(9-13-25)30-29(36)32(17-21-6-10-24(34-4)11-7-21)18-22-16-26-20(3)14-19(2)15-27(26)31-28(22)33/h6-16H,5,17-18H2,1-4H3,(H,30,36)(H,31,33). The molecule has 0 spiro atoms. The first kappa shape index (κ1) is 25.3. The zero-order valence-corrected chi connectivity index (χ0v) is 21.9. The maximum Gasteiger partial charge on any atom is 0.253 e. The van der Waals surface area contributed by atoms with Gasteiger partial charge in [0.1, 0.15) is 11.5 Å². The Morgan fingerprint density at radius 1 is 0.972 bits per heavy atom. The molecule has 3 aromatic carbocycles. The molecular weight excluding hydrogens is 470 g/mol. The van der Waals surface area contributed by atoms with Gasteiger partial charge in [0.05, 0.1) is 20.3 Å². The third-order valence-corrected chi connectivity index (χ3v) is 6.35. The second-order valence-corrected chi connectivity index (χ2v) is 9.15. The van der Waals surface area contributed by atoms with Crippen molar-refractivity contribution in [1.29, 1.82) is 0 Å². The summed E-state index contributed by atoms with van der Waals surface area (Å²) in [6.45, 7) is 7.53. The number of ether oxygens (including phenoxy) is 2. The number of nitrogens with one attached hydrogen (secondary N) is 2. The predicted molar refractivity (Wildman–Crippen MR) is 150 cm³/mol. The minimum atomic E-state index is -0.115. The number of fused-ring (bicyclic) bond motifs is 1. The van der Waals surface area contributed by atoms with E-state index in [1.54, 1.807) is 7.11 Å². The van der Waals surface area contributed by atoms with Gasteiger partial charge in [0.2, 0.25) is 0 Å². The molecule has 0 atom stereocenters. The fourth-order valence-electron chi connectivity index (χ4n) is 4.19. The number of anilines is 1. The quantitative estimate of drug-likeness (QED) is 0.291. The van der Waals surface area contributed by atoms with E-state index in [2.05, 4.69) is 23.3 Å². The Balaban J connectivity index is 1.63. The molecule has 0 radical (unpaired) electrons. The van der Waals surface area contributed by atoms with E-state index in [0.29, 0.717) is 30.4 Å². The van der Waals surface area contributed by atoms with Crippen molar-refractivity contribution < 1.29 is 9.47 Å². The highest BCUT2D eigenvalue weighted by Crippen LogP contribution is 2.21. The van der Waals surface area contributed by atoms with E-state index in [0.717, 1.165) is 44.8 Å². The molecule has 4 rings (SSSR count). The molecule has 6 nitrogen and oxygen atoms in total. The van der Waals surface area contributed by atoms with Crippen LogP contribution >= 0.6 is 12.2 Å². The molecule has 0 fully saturated rings. The number of hydrogen-bond acceptors (Lipinski definition) is 4. The Morgan fingerprint density at radius 2 is 1.67 bits per heavy atom. The van der Waals surface area contributed by atoms with E-state index in [1.807, 2.05) is 79.4 Å². The minimum absolute atomic E-state index is 0.115. The van der Waals surface area contributed by atoms with Crippen LogP contribution in [0.25, 0.3) is 10.9 Å². The van der Waals surface area contributed by atoms with Crippen LogP contribution in [0.3, 0.4) is 0 Å². The number of aromatic nitrogens is 1. The van der Waals surface area contributed by atoms with Crippen LogP contribution in [0.1, 0.15) is 29.2 Å². The summed E-state index contributed by atoms with van der Waals surface area (Å²) < 4.78 is 10.8. The number of aryl methyl sites for hydroxylation is 2. The summed E-state index contributed by atoms with van der Waals surface area (Å²) in [4.78, 5) is 18.1. The van der Waals surface area contributed by atoms with Crippen LogP contribution in [0.15, 0.2) is 71.5 Å². The molecule has 0 unspecified atom stereocenters. The molecule has 0 bridgehead atoms. The van der Waals surface area contributed by atoms with Crippen LogP contribution in [-0.2, 0) is 13.1 Å². The first-order chi connectivity index (χ1) is 17.4. The molecule has 0 saturated heterocycles. The number of methoxy groups -OCH3 is 1. The molecule has 0 amide bonds. The lowest BCUT2D eigenvalue weighted by atomic mass is 10.0. The highest BCUT2D eigenvalue weighted by atomic mass is 32.1. The number of nitrogens with zero attached hydrogens (tertiary/aromatic N) is 1. The van der Waals surface area contributed by atoms with Gasteiger partial charge in [-0.3, -0.25) is 4.79 Å². The molecule has 1 heterocycles. The molecule has 0 saturated carbocycles. The maximum absolute atomic E-state index is 13.0. The second kappa shape index (κ2) is 11.3. The van der Waals surface area contributed by atoms with Gasteiger partial charge in [-0.15, -0.1) is 0 Å². The lowest BCUT2D eigenvalue weighted by Gasteiger charge is -2.26. The summed E-state index contributed by atoms with van der Waals surface area (Å²) in [5.74, 6) is 1.59. The zero-order valence-electron chi connectivity index (χ0n) is 21.1. The van der Waals surface area contributed by atoms with Gasteiger partial charge in [0.15, 0.2) is 5.11 Å². The van der Waals surface area contributed by atoms with Crippen LogP contribution in [0.5, 0.6) is 11.5 Å². The van der Waals surface area contributed by atoms with E-state index in [1.165, 1.54) is 0 Å². The molecule has 186 valence electrons. The normalized spacial score (nSPS) is 10.8. The van der Waals surface area contributed by atoms with Gasteiger partial charge in [-0.1, -0.05) is 18.2 Å². The van der Waals surface area contributed by atoms with Crippen molar-refractivity contribution in [3.05, 3.63) is 99.3 Å². The minimum Gasteiger partial charge on any atom is -0.497 e. The van der Waals surface area contributed by atoms with Gasteiger partial charge in [0.25, 0.3) is 5.56 Å². The smallest absolute Gasteiger partial charge is 0.253 e. The van der Waals surface area contributed by atoms with Crippen LogP contribution in [-0.4, -0.2) is 28.7 Å². The van der Waals surface area contributed by atoms with Gasteiger partial charge < -0.3 is 24.7 Å². The Bertz CT molecular complexity index is 1410. The molecule has 0 aliphatic heterocycles. The molecular formula is C29H31N3O3S. The van der Waals surface area contributed by atoms with Crippen molar-refractivity contribution in [2.45, 2.75) is 33.9 Å².